The molecule has 0 amide bonds. The van der Waals surface area contributed by atoms with Gasteiger partial charge in [-0.3, -0.25) is 9.69 Å². The van der Waals surface area contributed by atoms with E-state index in [1.165, 1.54) is 5.75 Å². The highest BCUT2D eigenvalue weighted by atomic mass is 32.2. The summed E-state index contributed by atoms with van der Waals surface area (Å²) in [7, 11) is 0. The molecule has 1 fully saturated rings. The van der Waals surface area contributed by atoms with E-state index in [0.29, 0.717) is 17.5 Å². The first-order valence-corrected chi connectivity index (χ1v) is 7.56. The Kier molecular flexibility index (Phi) is 5.32. The second kappa shape index (κ2) is 6.10. The molecule has 0 saturated carbocycles. The minimum absolute atomic E-state index is 0.177. The maximum absolute atomic E-state index is 11.0. The fraction of sp³-hybridized carbons (Fsp3) is 0.923. The van der Waals surface area contributed by atoms with Crippen molar-refractivity contribution in [3.05, 3.63) is 0 Å². The van der Waals surface area contributed by atoms with E-state index in [1.807, 2.05) is 11.8 Å². The molecule has 1 saturated heterocycles. The van der Waals surface area contributed by atoms with Crippen LogP contribution in [0.15, 0.2) is 0 Å². The van der Waals surface area contributed by atoms with Gasteiger partial charge in [0.25, 0.3) is 0 Å². The van der Waals surface area contributed by atoms with E-state index in [0.717, 1.165) is 18.6 Å². The molecule has 0 aromatic heterocycles. The highest BCUT2D eigenvalue weighted by Gasteiger charge is 2.34. The summed E-state index contributed by atoms with van der Waals surface area (Å²) in [5, 5.41) is 9.04. The van der Waals surface area contributed by atoms with Crippen LogP contribution in [-0.2, 0) is 4.79 Å². The van der Waals surface area contributed by atoms with Gasteiger partial charge in [0.2, 0.25) is 0 Å². The quantitative estimate of drug-likeness (QED) is 0.824. The van der Waals surface area contributed by atoms with Gasteiger partial charge in [0, 0.05) is 17.8 Å². The van der Waals surface area contributed by atoms with Gasteiger partial charge in [0.1, 0.15) is 0 Å². The standard InChI is InChI=1S/C13H25NO2S/c1-5-10(2)14(7-12(15)16)11-6-13(3,4)9-17-8-11/h10-11H,5-9H2,1-4H3,(H,15,16). The van der Waals surface area contributed by atoms with Gasteiger partial charge < -0.3 is 5.11 Å². The van der Waals surface area contributed by atoms with Gasteiger partial charge in [-0.2, -0.15) is 11.8 Å². The van der Waals surface area contributed by atoms with E-state index in [9.17, 15) is 4.79 Å². The molecule has 2 unspecified atom stereocenters. The molecule has 100 valence electrons. The number of nitrogens with zero attached hydrogens (tertiary/aromatic N) is 1. The van der Waals surface area contributed by atoms with Gasteiger partial charge in [-0.05, 0) is 30.9 Å². The lowest BCUT2D eigenvalue weighted by Gasteiger charge is -2.42. The van der Waals surface area contributed by atoms with E-state index in [2.05, 4.69) is 32.6 Å². The lowest BCUT2D eigenvalue weighted by atomic mass is 9.86. The van der Waals surface area contributed by atoms with Crippen LogP contribution in [0, 0.1) is 5.41 Å². The molecular weight excluding hydrogens is 234 g/mol. The molecule has 0 spiro atoms. The molecule has 4 heteroatoms. The van der Waals surface area contributed by atoms with Crippen molar-refractivity contribution in [1.29, 1.82) is 0 Å². The Bertz CT molecular complexity index is 268. The highest BCUT2D eigenvalue weighted by Crippen LogP contribution is 2.36. The van der Waals surface area contributed by atoms with E-state index in [-0.39, 0.29) is 6.54 Å². The number of carbonyl (C=O) groups is 1. The van der Waals surface area contributed by atoms with E-state index in [4.69, 9.17) is 5.11 Å². The second-order valence-electron chi connectivity index (χ2n) is 5.86. The number of hydrogen-bond acceptors (Lipinski definition) is 3. The molecule has 0 aliphatic carbocycles. The molecule has 1 heterocycles. The van der Waals surface area contributed by atoms with Crippen LogP contribution in [0.1, 0.15) is 40.5 Å². The van der Waals surface area contributed by atoms with Crippen LogP contribution in [0.3, 0.4) is 0 Å². The number of carboxylic acids is 1. The van der Waals surface area contributed by atoms with Crippen LogP contribution in [0.25, 0.3) is 0 Å². The smallest absolute Gasteiger partial charge is 0.317 e. The number of carboxylic acid groups (broad SMARTS) is 1. The van der Waals surface area contributed by atoms with Crippen molar-refractivity contribution in [2.24, 2.45) is 5.41 Å². The molecule has 1 aliphatic rings. The van der Waals surface area contributed by atoms with Crippen molar-refractivity contribution in [2.75, 3.05) is 18.1 Å². The summed E-state index contributed by atoms with van der Waals surface area (Å²) in [6.45, 7) is 9.00. The third kappa shape index (κ3) is 4.51. The first kappa shape index (κ1) is 14.8. The molecule has 1 aliphatic heterocycles. The normalized spacial score (nSPS) is 25.8. The van der Waals surface area contributed by atoms with Gasteiger partial charge in [-0.25, -0.2) is 0 Å². The van der Waals surface area contributed by atoms with E-state index < -0.39 is 5.97 Å². The van der Waals surface area contributed by atoms with Crippen LogP contribution >= 0.6 is 11.8 Å². The number of aliphatic carboxylic acids is 1. The molecule has 1 rings (SSSR count). The zero-order chi connectivity index (χ0) is 13.1. The molecule has 2 atom stereocenters. The topological polar surface area (TPSA) is 40.5 Å². The average molecular weight is 259 g/mol. The molecule has 0 radical (unpaired) electrons. The minimum Gasteiger partial charge on any atom is -0.480 e. The van der Waals surface area contributed by atoms with Crippen molar-refractivity contribution in [3.8, 4) is 0 Å². The van der Waals surface area contributed by atoms with Gasteiger partial charge >= 0.3 is 5.97 Å². The minimum atomic E-state index is -0.710. The maximum atomic E-state index is 11.0. The molecule has 17 heavy (non-hydrogen) atoms. The summed E-state index contributed by atoms with van der Waals surface area (Å²) in [6.07, 6.45) is 2.12. The van der Waals surface area contributed by atoms with Crippen LogP contribution in [0.5, 0.6) is 0 Å². The Morgan fingerprint density at radius 2 is 2.24 bits per heavy atom. The number of thioether (sulfide) groups is 1. The van der Waals surface area contributed by atoms with Crippen LogP contribution in [0.2, 0.25) is 0 Å². The number of hydrogen-bond donors (Lipinski definition) is 1. The molecule has 1 N–H and O–H groups in total. The summed E-state index contributed by atoms with van der Waals surface area (Å²) < 4.78 is 0. The van der Waals surface area contributed by atoms with Crippen molar-refractivity contribution < 1.29 is 9.90 Å². The summed E-state index contributed by atoms with van der Waals surface area (Å²) in [4.78, 5) is 13.2. The lowest BCUT2D eigenvalue weighted by molar-refractivity contribution is -0.139. The zero-order valence-electron chi connectivity index (χ0n) is 11.4. The summed E-state index contributed by atoms with van der Waals surface area (Å²) in [5.74, 6) is 1.55. The predicted molar refractivity (Wildman–Crippen MR) is 73.6 cm³/mol. The number of rotatable bonds is 5. The van der Waals surface area contributed by atoms with E-state index >= 15 is 0 Å². The predicted octanol–water partition coefficient (Wildman–Crippen LogP) is 2.70. The largest absolute Gasteiger partial charge is 0.480 e. The Balaban J connectivity index is 2.71. The molecule has 0 aromatic rings. The molecular formula is C13H25NO2S. The van der Waals surface area contributed by atoms with Crippen molar-refractivity contribution >= 4 is 17.7 Å². The van der Waals surface area contributed by atoms with E-state index in [1.54, 1.807) is 0 Å². The molecule has 3 nitrogen and oxygen atoms in total. The average Bonchev–Trinajstić information content (AvgIpc) is 2.23. The summed E-state index contributed by atoms with van der Waals surface area (Å²) in [5.41, 5.74) is 0.331. The van der Waals surface area contributed by atoms with Crippen LogP contribution < -0.4 is 0 Å². The third-order valence-corrected chi connectivity index (χ3v) is 5.14. The fourth-order valence-corrected chi connectivity index (χ4v) is 3.85. The summed E-state index contributed by atoms with van der Waals surface area (Å²) in [6, 6.07) is 0.764. The van der Waals surface area contributed by atoms with Gasteiger partial charge in [0.15, 0.2) is 0 Å². The first-order chi connectivity index (χ1) is 7.85. The van der Waals surface area contributed by atoms with Crippen molar-refractivity contribution in [3.63, 3.8) is 0 Å². The summed E-state index contributed by atoms with van der Waals surface area (Å²) >= 11 is 1.96. The first-order valence-electron chi connectivity index (χ1n) is 6.41. The van der Waals surface area contributed by atoms with Gasteiger partial charge in [-0.1, -0.05) is 20.8 Å². The van der Waals surface area contributed by atoms with Crippen molar-refractivity contribution in [2.45, 2.75) is 52.6 Å². The van der Waals surface area contributed by atoms with Crippen LogP contribution in [0.4, 0.5) is 0 Å². The van der Waals surface area contributed by atoms with Crippen molar-refractivity contribution in [1.82, 2.24) is 4.90 Å². The highest BCUT2D eigenvalue weighted by molar-refractivity contribution is 7.99. The zero-order valence-corrected chi connectivity index (χ0v) is 12.2. The SMILES string of the molecule is CCC(C)N(CC(=O)O)C1CSCC(C)(C)C1. The Morgan fingerprint density at radius 1 is 1.59 bits per heavy atom. The van der Waals surface area contributed by atoms with Gasteiger partial charge in [0.05, 0.1) is 6.54 Å². The van der Waals surface area contributed by atoms with Crippen LogP contribution in [-0.4, -0.2) is 46.1 Å². The Labute approximate surface area is 109 Å². The second-order valence-corrected chi connectivity index (χ2v) is 6.89. The third-order valence-electron chi connectivity index (χ3n) is 3.54. The lowest BCUT2D eigenvalue weighted by Crippen LogP contribution is -2.49. The molecule has 0 aromatic carbocycles. The maximum Gasteiger partial charge on any atom is 0.317 e. The monoisotopic (exact) mass is 259 g/mol. The molecule has 0 bridgehead atoms. The Hall–Kier alpha value is -0.220. The fourth-order valence-electron chi connectivity index (χ4n) is 2.48. The Morgan fingerprint density at radius 3 is 2.71 bits per heavy atom. The van der Waals surface area contributed by atoms with Gasteiger partial charge in [-0.15, -0.1) is 0 Å².